The van der Waals surface area contributed by atoms with E-state index in [4.69, 9.17) is 11.6 Å². The maximum atomic E-state index is 12.2. The Hall–Kier alpha value is -3.23. The average molecular weight is 468 g/mol. The van der Waals surface area contributed by atoms with Crippen molar-refractivity contribution in [3.63, 3.8) is 0 Å². The minimum Gasteiger partial charge on any atom is -0.352 e. The van der Waals surface area contributed by atoms with Crippen LogP contribution in [0.4, 0.5) is 5.95 Å². The molecule has 2 heterocycles. The molecule has 0 radical (unpaired) electrons. The van der Waals surface area contributed by atoms with Crippen LogP contribution in [0.1, 0.15) is 36.0 Å². The number of thiazole rings is 1. The van der Waals surface area contributed by atoms with E-state index >= 15 is 0 Å². The van der Waals surface area contributed by atoms with Crippen LogP contribution in [0.5, 0.6) is 0 Å². The van der Waals surface area contributed by atoms with E-state index in [1.54, 1.807) is 16.6 Å². The molecule has 2 aromatic heterocycles. The van der Waals surface area contributed by atoms with Gasteiger partial charge < -0.3 is 5.32 Å². The predicted octanol–water partition coefficient (Wildman–Crippen LogP) is 5.04. The first kappa shape index (κ1) is 22.0. The van der Waals surface area contributed by atoms with Gasteiger partial charge in [0.25, 0.3) is 5.91 Å². The van der Waals surface area contributed by atoms with Gasteiger partial charge in [-0.1, -0.05) is 48.4 Å². The van der Waals surface area contributed by atoms with Crippen LogP contribution in [0.2, 0.25) is 5.02 Å². The summed E-state index contributed by atoms with van der Waals surface area (Å²) in [6.45, 7) is 0.585. The van der Waals surface area contributed by atoms with E-state index in [1.165, 1.54) is 11.3 Å². The number of amides is 2. The number of halogens is 1. The van der Waals surface area contributed by atoms with Gasteiger partial charge in [-0.15, -0.1) is 16.4 Å². The second kappa shape index (κ2) is 10.4. The normalized spacial score (nSPS) is 10.9. The summed E-state index contributed by atoms with van der Waals surface area (Å²) in [4.78, 5) is 29.3. The first-order valence-corrected chi connectivity index (χ1v) is 11.6. The van der Waals surface area contributed by atoms with E-state index in [2.05, 4.69) is 20.7 Å². The molecule has 0 atom stereocenters. The average Bonchev–Trinajstić information content (AvgIpc) is 3.37. The monoisotopic (exact) mass is 467 g/mol. The van der Waals surface area contributed by atoms with Gasteiger partial charge in [-0.25, -0.2) is 4.52 Å². The standard InChI is InChI=1S/C23H22ClN5O2S/c24-18-12-10-16(11-13-18)19-15-32-23-27-22(28-29(19)23)26-20(30)9-5-2-6-14-25-21(31)17-7-3-1-4-8-17/h1,3-4,7-8,10-13,15H,2,5-6,9,14H2,(H,25,31)(H,26,28,30). The van der Waals surface area contributed by atoms with Crippen molar-refractivity contribution in [3.8, 4) is 11.3 Å². The number of nitrogens with one attached hydrogen (secondary N) is 2. The zero-order valence-electron chi connectivity index (χ0n) is 17.3. The third-order valence-corrected chi connectivity index (χ3v) is 5.94. The predicted molar refractivity (Wildman–Crippen MR) is 127 cm³/mol. The fourth-order valence-corrected chi connectivity index (χ4v) is 4.18. The molecule has 0 spiro atoms. The molecule has 2 N–H and O–H groups in total. The Morgan fingerprint density at radius 1 is 1.00 bits per heavy atom. The number of hydrogen-bond acceptors (Lipinski definition) is 5. The molecule has 7 nitrogen and oxygen atoms in total. The highest BCUT2D eigenvalue weighted by molar-refractivity contribution is 7.15. The number of rotatable bonds is 9. The number of fused-ring (bicyclic) bond motifs is 1. The summed E-state index contributed by atoms with van der Waals surface area (Å²) in [5.74, 6) is 0.101. The molecule has 0 bridgehead atoms. The van der Waals surface area contributed by atoms with Crippen molar-refractivity contribution < 1.29 is 9.59 Å². The molecule has 9 heteroatoms. The Kier molecular flexibility index (Phi) is 7.14. The summed E-state index contributed by atoms with van der Waals surface area (Å²) in [5, 5.41) is 12.7. The number of aromatic nitrogens is 3. The Bertz CT molecular complexity index is 1200. The van der Waals surface area contributed by atoms with E-state index in [-0.39, 0.29) is 11.8 Å². The maximum absolute atomic E-state index is 12.2. The van der Waals surface area contributed by atoms with Crippen LogP contribution in [0.25, 0.3) is 16.2 Å². The third-order valence-electron chi connectivity index (χ3n) is 4.87. The van der Waals surface area contributed by atoms with Crippen LogP contribution in [0, 0.1) is 0 Å². The Morgan fingerprint density at radius 3 is 2.56 bits per heavy atom. The Morgan fingerprint density at radius 2 is 1.78 bits per heavy atom. The second-order valence-corrected chi connectivity index (χ2v) is 8.51. The van der Waals surface area contributed by atoms with Crippen molar-refractivity contribution >= 4 is 45.7 Å². The lowest BCUT2D eigenvalue weighted by Crippen LogP contribution is -2.24. The number of nitrogens with zero attached hydrogens (tertiary/aromatic N) is 3. The van der Waals surface area contributed by atoms with Crippen molar-refractivity contribution in [3.05, 3.63) is 70.6 Å². The molecule has 4 rings (SSSR count). The van der Waals surface area contributed by atoms with E-state index < -0.39 is 0 Å². The van der Waals surface area contributed by atoms with Crippen molar-refractivity contribution in [2.24, 2.45) is 0 Å². The number of benzene rings is 2. The summed E-state index contributed by atoms with van der Waals surface area (Å²) in [7, 11) is 0. The van der Waals surface area contributed by atoms with Crippen LogP contribution in [-0.4, -0.2) is 33.0 Å². The largest absolute Gasteiger partial charge is 0.352 e. The van der Waals surface area contributed by atoms with Crippen molar-refractivity contribution in [2.75, 3.05) is 11.9 Å². The Balaban J connectivity index is 1.21. The maximum Gasteiger partial charge on any atom is 0.251 e. The molecule has 4 aromatic rings. The fraction of sp³-hybridized carbons (Fsp3) is 0.217. The highest BCUT2D eigenvalue weighted by Crippen LogP contribution is 2.27. The molecule has 2 amide bonds. The highest BCUT2D eigenvalue weighted by atomic mass is 35.5. The van der Waals surface area contributed by atoms with Crippen LogP contribution in [0.3, 0.4) is 0 Å². The van der Waals surface area contributed by atoms with Crippen LogP contribution >= 0.6 is 22.9 Å². The quantitative estimate of drug-likeness (QED) is 0.337. The minimum atomic E-state index is -0.121. The fourth-order valence-electron chi connectivity index (χ4n) is 3.22. The van der Waals surface area contributed by atoms with Gasteiger partial charge in [0.2, 0.25) is 16.8 Å². The molecule has 0 aliphatic carbocycles. The lowest BCUT2D eigenvalue weighted by atomic mass is 10.1. The molecule has 0 saturated heterocycles. The van der Waals surface area contributed by atoms with Crippen LogP contribution in [0.15, 0.2) is 60.0 Å². The van der Waals surface area contributed by atoms with Gasteiger partial charge >= 0.3 is 0 Å². The highest BCUT2D eigenvalue weighted by Gasteiger charge is 2.13. The number of anilines is 1. The molecule has 2 aromatic carbocycles. The van der Waals surface area contributed by atoms with E-state index in [0.717, 1.165) is 30.5 Å². The number of carbonyl (C=O) groups is 2. The van der Waals surface area contributed by atoms with Gasteiger partial charge in [0.05, 0.1) is 5.69 Å². The summed E-state index contributed by atoms with van der Waals surface area (Å²) < 4.78 is 1.72. The minimum absolute atomic E-state index is 0.0767. The molecule has 32 heavy (non-hydrogen) atoms. The van der Waals surface area contributed by atoms with Gasteiger partial charge in [-0.05, 0) is 37.1 Å². The summed E-state index contributed by atoms with van der Waals surface area (Å²) in [5.41, 5.74) is 2.52. The molecule has 0 saturated carbocycles. The van der Waals surface area contributed by atoms with Crippen molar-refractivity contribution in [2.45, 2.75) is 25.7 Å². The van der Waals surface area contributed by atoms with Crippen molar-refractivity contribution in [1.29, 1.82) is 0 Å². The summed E-state index contributed by atoms with van der Waals surface area (Å²) >= 11 is 7.42. The van der Waals surface area contributed by atoms with E-state index in [0.29, 0.717) is 34.5 Å². The smallest absolute Gasteiger partial charge is 0.251 e. The Labute approximate surface area is 194 Å². The van der Waals surface area contributed by atoms with E-state index in [9.17, 15) is 9.59 Å². The molecular weight excluding hydrogens is 446 g/mol. The SMILES string of the molecule is O=C(CCCCCNC(=O)c1ccccc1)Nc1nc2scc(-c3ccc(Cl)cc3)n2n1. The molecule has 0 fully saturated rings. The summed E-state index contributed by atoms with van der Waals surface area (Å²) in [6.07, 6.45) is 2.76. The van der Waals surface area contributed by atoms with Crippen molar-refractivity contribution in [1.82, 2.24) is 19.9 Å². The van der Waals surface area contributed by atoms with E-state index in [1.807, 2.05) is 47.8 Å². The summed E-state index contributed by atoms with van der Waals surface area (Å²) in [6, 6.07) is 16.6. The number of carbonyl (C=O) groups excluding carboxylic acids is 2. The molecule has 0 aliphatic heterocycles. The van der Waals surface area contributed by atoms with Gasteiger partial charge in [0.15, 0.2) is 0 Å². The van der Waals surface area contributed by atoms with Gasteiger partial charge in [-0.3, -0.25) is 14.9 Å². The number of hydrogen-bond donors (Lipinski definition) is 2. The molecule has 0 unspecified atom stereocenters. The molecular formula is C23H22ClN5O2S. The topological polar surface area (TPSA) is 88.4 Å². The van der Waals surface area contributed by atoms with Gasteiger partial charge in [0.1, 0.15) is 0 Å². The first-order chi connectivity index (χ1) is 15.6. The lowest BCUT2D eigenvalue weighted by Gasteiger charge is -2.05. The first-order valence-electron chi connectivity index (χ1n) is 10.3. The number of unbranched alkanes of at least 4 members (excludes halogenated alkanes) is 2. The zero-order chi connectivity index (χ0) is 22.3. The molecule has 0 aliphatic rings. The van der Waals surface area contributed by atoms with Crippen LogP contribution < -0.4 is 10.6 Å². The molecule has 164 valence electrons. The zero-order valence-corrected chi connectivity index (χ0v) is 18.8. The second-order valence-electron chi connectivity index (χ2n) is 7.24. The van der Waals surface area contributed by atoms with Gasteiger partial charge in [0, 0.05) is 34.5 Å². The van der Waals surface area contributed by atoms with Crippen LogP contribution in [-0.2, 0) is 4.79 Å². The lowest BCUT2D eigenvalue weighted by molar-refractivity contribution is -0.116. The third kappa shape index (κ3) is 5.52. The van der Waals surface area contributed by atoms with Gasteiger partial charge in [-0.2, -0.15) is 4.98 Å².